The van der Waals surface area contributed by atoms with Gasteiger partial charge in [0.1, 0.15) is 12.2 Å². The molecular formula is C15H13BrClN3O. The van der Waals surface area contributed by atoms with Crippen molar-refractivity contribution >= 4 is 33.2 Å². The van der Waals surface area contributed by atoms with Gasteiger partial charge in [0.2, 0.25) is 0 Å². The van der Waals surface area contributed by atoms with E-state index in [1.807, 2.05) is 31.2 Å². The van der Waals surface area contributed by atoms with Gasteiger partial charge in [-0.15, -0.1) is 6.42 Å². The molecule has 0 spiro atoms. The number of aromatic nitrogens is 2. The molecule has 1 unspecified atom stereocenters. The molecule has 0 bridgehead atoms. The molecule has 0 aliphatic heterocycles. The van der Waals surface area contributed by atoms with Crippen LogP contribution in [0.25, 0.3) is 0 Å². The van der Waals surface area contributed by atoms with Crippen LogP contribution in [0.1, 0.15) is 18.5 Å². The second-order valence-electron chi connectivity index (χ2n) is 4.46. The lowest BCUT2D eigenvalue weighted by atomic mass is 10.1. The second-order valence-corrected chi connectivity index (χ2v) is 5.78. The number of nitrogens with zero attached hydrogens (tertiary/aromatic N) is 2. The average molecular weight is 367 g/mol. The molecule has 1 aromatic heterocycles. The van der Waals surface area contributed by atoms with E-state index in [1.54, 1.807) is 0 Å². The normalized spacial score (nSPS) is 11.7. The van der Waals surface area contributed by atoms with Crippen LogP contribution in [0.2, 0.25) is 5.02 Å². The highest BCUT2D eigenvalue weighted by atomic mass is 79.9. The molecule has 2 aromatic rings. The summed E-state index contributed by atoms with van der Waals surface area (Å²) < 4.78 is 2.17. The van der Waals surface area contributed by atoms with E-state index in [1.165, 1.54) is 10.9 Å². The minimum absolute atomic E-state index is 0.0885. The van der Waals surface area contributed by atoms with Crippen LogP contribution in [0, 0.1) is 12.3 Å². The zero-order valence-corrected chi connectivity index (χ0v) is 13.6. The van der Waals surface area contributed by atoms with Crippen molar-refractivity contribution in [2.75, 3.05) is 5.32 Å². The zero-order valence-electron chi connectivity index (χ0n) is 11.3. The van der Waals surface area contributed by atoms with Crippen LogP contribution >= 0.6 is 27.5 Å². The Balaban J connectivity index is 2.33. The Morgan fingerprint density at radius 1 is 1.57 bits per heavy atom. The van der Waals surface area contributed by atoms with E-state index < -0.39 is 0 Å². The summed E-state index contributed by atoms with van der Waals surface area (Å²) in [6, 6.07) is 7.73. The van der Waals surface area contributed by atoms with Crippen molar-refractivity contribution < 1.29 is 0 Å². The summed E-state index contributed by atoms with van der Waals surface area (Å²) in [7, 11) is 0. The Morgan fingerprint density at radius 3 is 3.00 bits per heavy atom. The standard InChI is InChI=1S/C15H13BrClN3O/c1-3-7-20-15(21)14(13(17)9-18-20)19-10(2)11-5-4-6-12(16)8-11/h1,4-6,8-10,19H,7H2,2H3. The van der Waals surface area contributed by atoms with Gasteiger partial charge in [-0.25, -0.2) is 4.68 Å². The SMILES string of the molecule is C#CCn1ncc(Cl)c(NC(C)c2cccc(Br)c2)c1=O. The van der Waals surface area contributed by atoms with E-state index in [9.17, 15) is 4.79 Å². The van der Waals surface area contributed by atoms with Gasteiger partial charge < -0.3 is 5.32 Å². The van der Waals surface area contributed by atoms with Crippen LogP contribution in [0.15, 0.2) is 39.7 Å². The minimum atomic E-state index is -0.331. The third-order valence-electron chi connectivity index (χ3n) is 2.95. The Bertz CT molecular complexity index is 751. The van der Waals surface area contributed by atoms with Crippen LogP contribution in [-0.4, -0.2) is 9.78 Å². The van der Waals surface area contributed by atoms with Gasteiger partial charge in [0.15, 0.2) is 0 Å². The fourth-order valence-corrected chi connectivity index (χ4v) is 2.47. The summed E-state index contributed by atoms with van der Waals surface area (Å²) >= 11 is 9.49. The van der Waals surface area contributed by atoms with Crippen molar-refractivity contribution in [3.8, 4) is 12.3 Å². The molecule has 1 heterocycles. The maximum atomic E-state index is 12.3. The lowest BCUT2D eigenvalue weighted by Gasteiger charge is -2.17. The average Bonchev–Trinajstić information content (AvgIpc) is 2.46. The molecule has 0 aliphatic rings. The van der Waals surface area contributed by atoms with Crippen LogP contribution in [0.4, 0.5) is 5.69 Å². The number of anilines is 1. The number of halogens is 2. The molecule has 0 saturated heterocycles. The van der Waals surface area contributed by atoms with E-state index >= 15 is 0 Å². The van der Waals surface area contributed by atoms with Crippen LogP contribution < -0.4 is 10.9 Å². The summed E-state index contributed by atoms with van der Waals surface area (Å²) in [5.41, 5.74) is 0.997. The first kappa shape index (κ1) is 15.6. The van der Waals surface area contributed by atoms with Gasteiger partial charge in [-0.1, -0.05) is 45.6 Å². The minimum Gasteiger partial charge on any atom is -0.373 e. The second kappa shape index (κ2) is 6.79. The topological polar surface area (TPSA) is 46.9 Å². The molecule has 1 atom stereocenters. The van der Waals surface area contributed by atoms with Gasteiger partial charge in [0.25, 0.3) is 5.56 Å². The van der Waals surface area contributed by atoms with Crippen molar-refractivity contribution in [3.63, 3.8) is 0 Å². The predicted molar refractivity (Wildman–Crippen MR) is 88.5 cm³/mol. The van der Waals surface area contributed by atoms with Gasteiger partial charge in [-0.2, -0.15) is 5.10 Å². The summed E-state index contributed by atoms with van der Waals surface area (Å²) in [5, 5.41) is 7.30. The molecule has 0 amide bonds. The van der Waals surface area contributed by atoms with E-state index in [-0.39, 0.29) is 23.2 Å². The van der Waals surface area contributed by atoms with E-state index in [0.29, 0.717) is 5.69 Å². The van der Waals surface area contributed by atoms with Gasteiger partial charge in [0.05, 0.1) is 11.2 Å². The number of hydrogen-bond donors (Lipinski definition) is 1. The van der Waals surface area contributed by atoms with Crippen LogP contribution in [0.5, 0.6) is 0 Å². The fourth-order valence-electron chi connectivity index (χ4n) is 1.87. The quantitative estimate of drug-likeness (QED) is 0.843. The highest BCUT2D eigenvalue weighted by Gasteiger charge is 2.13. The van der Waals surface area contributed by atoms with E-state index in [4.69, 9.17) is 18.0 Å². The molecule has 0 radical (unpaired) electrons. The molecule has 4 nitrogen and oxygen atoms in total. The number of nitrogens with one attached hydrogen (secondary N) is 1. The number of rotatable bonds is 4. The lowest BCUT2D eigenvalue weighted by molar-refractivity contribution is 0.662. The maximum absolute atomic E-state index is 12.3. The van der Waals surface area contributed by atoms with Crippen molar-refractivity contribution in [2.24, 2.45) is 0 Å². The largest absolute Gasteiger partial charge is 0.373 e. The zero-order chi connectivity index (χ0) is 15.4. The van der Waals surface area contributed by atoms with Gasteiger partial charge in [-0.05, 0) is 24.6 Å². The van der Waals surface area contributed by atoms with Crippen molar-refractivity contribution in [1.29, 1.82) is 0 Å². The van der Waals surface area contributed by atoms with Crippen molar-refractivity contribution in [3.05, 3.63) is 55.9 Å². The first-order valence-corrected chi connectivity index (χ1v) is 7.41. The highest BCUT2D eigenvalue weighted by molar-refractivity contribution is 9.10. The van der Waals surface area contributed by atoms with Gasteiger partial charge in [-0.3, -0.25) is 4.79 Å². The molecular weight excluding hydrogens is 354 g/mol. The molecule has 0 fully saturated rings. The molecule has 108 valence electrons. The Morgan fingerprint density at radius 2 is 2.33 bits per heavy atom. The Hall–Kier alpha value is -1.77. The first-order valence-electron chi connectivity index (χ1n) is 6.24. The third-order valence-corrected chi connectivity index (χ3v) is 3.73. The number of hydrogen-bond acceptors (Lipinski definition) is 3. The van der Waals surface area contributed by atoms with Crippen molar-refractivity contribution in [1.82, 2.24) is 9.78 Å². The molecule has 1 aromatic carbocycles. The first-order chi connectivity index (χ1) is 10.0. The van der Waals surface area contributed by atoms with Crippen molar-refractivity contribution in [2.45, 2.75) is 19.5 Å². The van der Waals surface area contributed by atoms with Crippen LogP contribution in [-0.2, 0) is 6.54 Å². The fraction of sp³-hybridized carbons (Fsp3) is 0.200. The molecule has 2 rings (SSSR count). The predicted octanol–water partition coefficient (Wildman–Crippen LogP) is 3.47. The Labute approximate surface area is 136 Å². The van der Waals surface area contributed by atoms with Gasteiger partial charge >= 0.3 is 0 Å². The molecule has 21 heavy (non-hydrogen) atoms. The smallest absolute Gasteiger partial charge is 0.292 e. The molecule has 1 N–H and O–H groups in total. The third kappa shape index (κ3) is 3.66. The summed E-state index contributed by atoms with van der Waals surface area (Å²) in [6.07, 6.45) is 6.63. The summed E-state index contributed by atoms with van der Waals surface area (Å²) in [4.78, 5) is 12.3. The molecule has 0 saturated carbocycles. The summed E-state index contributed by atoms with van der Waals surface area (Å²) in [6.45, 7) is 2.06. The lowest BCUT2D eigenvalue weighted by Crippen LogP contribution is -2.26. The molecule has 6 heteroatoms. The van der Waals surface area contributed by atoms with E-state index in [0.717, 1.165) is 10.0 Å². The number of terminal acetylenes is 1. The summed E-state index contributed by atoms with van der Waals surface area (Å²) in [5.74, 6) is 2.39. The highest BCUT2D eigenvalue weighted by Crippen LogP contribution is 2.24. The Kier molecular flexibility index (Phi) is 5.05. The van der Waals surface area contributed by atoms with Crippen LogP contribution in [0.3, 0.4) is 0 Å². The maximum Gasteiger partial charge on any atom is 0.292 e. The van der Waals surface area contributed by atoms with Gasteiger partial charge in [0, 0.05) is 10.5 Å². The van der Waals surface area contributed by atoms with E-state index in [2.05, 4.69) is 32.3 Å². The molecule has 0 aliphatic carbocycles. The number of benzene rings is 1. The monoisotopic (exact) mass is 365 g/mol.